The Morgan fingerprint density at radius 1 is 1.30 bits per heavy atom. The number of carbonyl (C=O) groups is 1. The van der Waals surface area contributed by atoms with Gasteiger partial charge in [0.1, 0.15) is 0 Å². The molecule has 6 heteroatoms. The van der Waals surface area contributed by atoms with E-state index in [1.165, 1.54) is 11.8 Å². The summed E-state index contributed by atoms with van der Waals surface area (Å²) in [6, 6.07) is 11.6. The van der Waals surface area contributed by atoms with Crippen molar-refractivity contribution >= 4 is 29.3 Å². The molecule has 0 bridgehead atoms. The van der Waals surface area contributed by atoms with Crippen LogP contribution in [0.5, 0.6) is 0 Å². The smallest absolute Gasteiger partial charge is 0.233 e. The number of carbonyl (C=O) groups excluding carboxylic acids is 1. The van der Waals surface area contributed by atoms with E-state index in [1.807, 2.05) is 41.3 Å². The summed E-state index contributed by atoms with van der Waals surface area (Å²) >= 11 is 7.86. The van der Waals surface area contributed by atoms with Gasteiger partial charge in [0.25, 0.3) is 0 Å². The highest BCUT2D eigenvalue weighted by Crippen LogP contribution is 2.29. The van der Waals surface area contributed by atoms with E-state index >= 15 is 0 Å². The van der Waals surface area contributed by atoms with E-state index in [-0.39, 0.29) is 11.9 Å². The zero-order valence-corrected chi connectivity index (χ0v) is 14.2. The van der Waals surface area contributed by atoms with Crippen LogP contribution in [0.4, 0.5) is 0 Å². The Morgan fingerprint density at radius 2 is 2.09 bits per heavy atom. The molecule has 0 saturated carbocycles. The molecule has 0 spiro atoms. The average Bonchev–Trinajstić information content (AvgIpc) is 2.61. The number of hydrogen-bond acceptors (Lipinski definition) is 4. The van der Waals surface area contributed by atoms with Crippen molar-refractivity contribution < 1.29 is 4.79 Å². The van der Waals surface area contributed by atoms with Crippen molar-refractivity contribution in [2.45, 2.75) is 10.9 Å². The van der Waals surface area contributed by atoms with E-state index in [9.17, 15) is 4.79 Å². The van der Waals surface area contributed by atoms with Gasteiger partial charge >= 0.3 is 0 Å². The van der Waals surface area contributed by atoms with Crippen molar-refractivity contribution in [3.8, 4) is 0 Å². The largest absolute Gasteiger partial charge is 0.332 e. The summed E-state index contributed by atoms with van der Waals surface area (Å²) < 4.78 is 0. The number of piperazine rings is 1. The van der Waals surface area contributed by atoms with Gasteiger partial charge in [0, 0.05) is 41.9 Å². The lowest BCUT2D eigenvalue weighted by Crippen LogP contribution is -2.49. The fraction of sp³-hybridized carbons (Fsp3) is 0.294. The Morgan fingerprint density at radius 3 is 2.87 bits per heavy atom. The van der Waals surface area contributed by atoms with Crippen molar-refractivity contribution in [3.63, 3.8) is 0 Å². The van der Waals surface area contributed by atoms with Gasteiger partial charge in [-0.15, -0.1) is 11.8 Å². The summed E-state index contributed by atoms with van der Waals surface area (Å²) in [5.74, 6) is 0.559. The molecule has 1 unspecified atom stereocenters. The minimum absolute atomic E-state index is 0.0111. The molecule has 1 atom stereocenters. The normalized spacial score (nSPS) is 18.0. The maximum Gasteiger partial charge on any atom is 0.233 e. The molecule has 23 heavy (non-hydrogen) atoms. The highest BCUT2D eigenvalue weighted by molar-refractivity contribution is 8.00. The third-order valence-corrected chi connectivity index (χ3v) is 5.18. The van der Waals surface area contributed by atoms with Gasteiger partial charge in [-0.2, -0.15) is 0 Å². The Labute approximate surface area is 145 Å². The summed E-state index contributed by atoms with van der Waals surface area (Å²) in [4.78, 5) is 19.7. The third-order valence-electron chi connectivity index (χ3n) is 3.84. The fourth-order valence-corrected chi connectivity index (χ4v) is 3.72. The van der Waals surface area contributed by atoms with Crippen LogP contribution < -0.4 is 5.32 Å². The van der Waals surface area contributed by atoms with Gasteiger partial charge in [-0.1, -0.05) is 29.8 Å². The first-order chi connectivity index (χ1) is 11.3. The highest BCUT2D eigenvalue weighted by atomic mass is 35.5. The maximum absolute atomic E-state index is 12.7. The first-order valence-electron chi connectivity index (χ1n) is 7.53. The van der Waals surface area contributed by atoms with Gasteiger partial charge in [0.2, 0.25) is 5.91 Å². The van der Waals surface area contributed by atoms with E-state index in [0.29, 0.717) is 17.3 Å². The monoisotopic (exact) mass is 347 g/mol. The lowest BCUT2D eigenvalue weighted by atomic mass is 10.0. The van der Waals surface area contributed by atoms with Crippen molar-refractivity contribution in [1.82, 2.24) is 15.2 Å². The van der Waals surface area contributed by atoms with E-state index in [0.717, 1.165) is 23.5 Å². The Kier molecular flexibility index (Phi) is 5.54. The number of thioether (sulfide) groups is 1. The van der Waals surface area contributed by atoms with Crippen molar-refractivity contribution in [1.29, 1.82) is 0 Å². The molecule has 0 aliphatic carbocycles. The molecule has 1 aliphatic heterocycles. The predicted molar refractivity (Wildman–Crippen MR) is 93.7 cm³/mol. The molecule has 2 heterocycles. The Hall–Kier alpha value is -1.56. The number of amides is 1. The molecule has 1 aromatic carbocycles. The standard InChI is InChI=1S/C17H18ClN3OS/c18-15-4-2-1-3-14(15)16-11-20-9-10-21(16)17(22)12-23-13-5-7-19-8-6-13/h1-8,16,20H,9-12H2. The molecule has 4 nitrogen and oxygen atoms in total. The highest BCUT2D eigenvalue weighted by Gasteiger charge is 2.28. The number of benzene rings is 1. The summed E-state index contributed by atoms with van der Waals surface area (Å²) in [6.45, 7) is 2.24. The molecule has 3 rings (SSSR count). The molecule has 1 saturated heterocycles. The Bertz CT molecular complexity index is 668. The van der Waals surface area contributed by atoms with E-state index in [1.54, 1.807) is 12.4 Å². The molecular formula is C17H18ClN3OS. The van der Waals surface area contributed by atoms with Gasteiger partial charge in [-0.05, 0) is 23.8 Å². The topological polar surface area (TPSA) is 45.2 Å². The average molecular weight is 348 g/mol. The maximum atomic E-state index is 12.7. The number of halogens is 1. The van der Waals surface area contributed by atoms with Crippen LogP contribution in [-0.2, 0) is 4.79 Å². The van der Waals surface area contributed by atoms with Crippen LogP contribution in [0, 0.1) is 0 Å². The number of nitrogens with zero attached hydrogens (tertiary/aromatic N) is 2. The molecule has 1 aliphatic rings. The van der Waals surface area contributed by atoms with Crippen molar-refractivity contribution in [2.24, 2.45) is 0 Å². The molecule has 0 radical (unpaired) electrons. The van der Waals surface area contributed by atoms with Crippen LogP contribution in [0.25, 0.3) is 0 Å². The van der Waals surface area contributed by atoms with Crippen LogP contribution in [0.2, 0.25) is 5.02 Å². The van der Waals surface area contributed by atoms with Gasteiger partial charge in [0.05, 0.1) is 11.8 Å². The summed E-state index contributed by atoms with van der Waals surface area (Å²) in [5.41, 5.74) is 1.00. The van der Waals surface area contributed by atoms with Crippen LogP contribution in [-0.4, -0.2) is 41.2 Å². The van der Waals surface area contributed by atoms with Crippen LogP contribution in [0.1, 0.15) is 11.6 Å². The predicted octanol–water partition coefficient (Wildman–Crippen LogP) is 3.00. The van der Waals surface area contributed by atoms with Gasteiger partial charge in [0.15, 0.2) is 0 Å². The number of nitrogens with one attached hydrogen (secondary N) is 1. The molecule has 1 N–H and O–H groups in total. The lowest BCUT2D eigenvalue weighted by molar-refractivity contribution is -0.131. The number of pyridine rings is 1. The minimum Gasteiger partial charge on any atom is -0.332 e. The van der Waals surface area contributed by atoms with E-state index in [2.05, 4.69) is 10.3 Å². The SMILES string of the molecule is O=C(CSc1ccncc1)N1CCNCC1c1ccccc1Cl. The first kappa shape index (κ1) is 16.3. The number of rotatable bonds is 4. The second kappa shape index (κ2) is 7.81. The third kappa shape index (κ3) is 4.05. The van der Waals surface area contributed by atoms with Crippen LogP contribution >= 0.6 is 23.4 Å². The zero-order chi connectivity index (χ0) is 16.1. The van der Waals surface area contributed by atoms with Crippen LogP contribution in [0.15, 0.2) is 53.7 Å². The Balaban J connectivity index is 1.71. The van der Waals surface area contributed by atoms with Crippen LogP contribution in [0.3, 0.4) is 0 Å². The summed E-state index contributed by atoms with van der Waals surface area (Å²) in [5, 5.41) is 4.06. The summed E-state index contributed by atoms with van der Waals surface area (Å²) in [6.07, 6.45) is 3.48. The zero-order valence-electron chi connectivity index (χ0n) is 12.6. The molecule has 120 valence electrons. The molecule has 2 aromatic rings. The molecule has 1 aromatic heterocycles. The van der Waals surface area contributed by atoms with Gasteiger partial charge in [-0.3, -0.25) is 9.78 Å². The molecule has 1 fully saturated rings. The molecule has 1 amide bonds. The minimum atomic E-state index is -0.0111. The lowest BCUT2D eigenvalue weighted by Gasteiger charge is -2.37. The van der Waals surface area contributed by atoms with Crippen molar-refractivity contribution in [3.05, 3.63) is 59.4 Å². The second-order valence-corrected chi connectivity index (χ2v) is 6.76. The fourth-order valence-electron chi connectivity index (χ4n) is 2.69. The van der Waals surface area contributed by atoms with E-state index < -0.39 is 0 Å². The van der Waals surface area contributed by atoms with Gasteiger partial charge < -0.3 is 10.2 Å². The first-order valence-corrected chi connectivity index (χ1v) is 8.89. The molecular weight excluding hydrogens is 330 g/mol. The van der Waals surface area contributed by atoms with E-state index in [4.69, 9.17) is 11.6 Å². The second-order valence-electron chi connectivity index (χ2n) is 5.30. The van der Waals surface area contributed by atoms with Crippen molar-refractivity contribution in [2.75, 3.05) is 25.4 Å². The quantitative estimate of drug-likeness (QED) is 0.864. The summed E-state index contributed by atoms with van der Waals surface area (Å²) in [7, 11) is 0. The van der Waals surface area contributed by atoms with Gasteiger partial charge in [-0.25, -0.2) is 0 Å². The number of aromatic nitrogens is 1. The number of hydrogen-bond donors (Lipinski definition) is 1.